The van der Waals surface area contributed by atoms with Gasteiger partial charge in [-0.3, -0.25) is 4.68 Å². The SMILES string of the molecule is CC(C)n1nccc1C(C)(O)C1CCCNC1. The van der Waals surface area contributed by atoms with E-state index in [1.165, 1.54) is 0 Å². The molecule has 0 aromatic carbocycles. The molecule has 0 saturated carbocycles. The van der Waals surface area contributed by atoms with Gasteiger partial charge in [0.05, 0.1) is 5.69 Å². The first-order valence-corrected chi connectivity index (χ1v) is 6.50. The summed E-state index contributed by atoms with van der Waals surface area (Å²) in [5.74, 6) is 0.269. The van der Waals surface area contributed by atoms with Crippen molar-refractivity contribution in [3.63, 3.8) is 0 Å². The Balaban J connectivity index is 2.26. The number of nitrogens with zero attached hydrogens (tertiary/aromatic N) is 2. The number of hydrogen-bond acceptors (Lipinski definition) is 3. The van der Waals surface area contributed by atoms with Crippen molar-refractivity contribution in [2.24, 2.45) is 5.92 Å². The van der Waals surface area contributed by atoms with Gasteiger partial charge >= 0.3 is 0 Å². The van der Waals surface area contributed by atoms with Gasteiger partial charge < -0.3 is 10.4 Å². The molecular formula is C13H23N3O. The number of hydrogen-bond donors (Lipinski definition) is 2. The van der Waals surface area contributed by atoms with Crippen LogP contribution in [0.15, 0.2) is 12.3 Å². The Morgan fingerprint density at radius 2 is 2.35 bits per heavy atom. The highest BCUT2D eigenvalue weighted by Crippen LogP contribution is 2.34. The molecule has 1 aliphatic heterocycles. The van der Waals surface area contributed by atoms with Gasteiger partial charge in [0.25, 0.3) is 0 Å². The zero-order valence-electron chi connectivity index (χ0n) is 11.0. The smallest absolute Gasteiger partial charge is 0.107 e. The van der Waals surface area contributed by atoms with E-state index in [1.807, 2.05) is 17.7 Å². The number of piperidine rings is 1. The molecule has 0 spiro atoms. The van der Waals surface area contributed by atoms with Crippen molar-refractivity contribution >= 4 is 0 Å². The molecular weight excluding hydrogens is 214 g/mol. The lowest BCUT2D eigenvalue weighted by Crippen LogP contribution is -2.43. The van der Waals surface area contributed by atoms with Gasteiger partial charge in [0.1, 0.15) is 5.60 Å². The quantitative estimate of drug-likeness (QED) is 0.841. The van der Waals surface area contributed by atoms with E-state index in [2.05, 4.69) is 24.3 Å². The first-order chi connectivity index (χ1) is 8.03. The third kappa shape index (κ3) is 2.38. The molecule has 0 radical (unpaired) electrons. The summed E-state index contributed by atoms with van der Waals surface area (Å²) in [6.07, 6.45) is 3.99. The molecule has 0 bridgehead atoms. The second-order valence-electron chi connectivity index (χ2n) is 5.45. The minimum atomic E-state index is -0.797. The van der Waals surface area contributed by atoms with Gasteiger partial charge in [0, 0.05) is 24.7 Å². The van der Waals surface area contributed by atoms with Gasteiger partial charge in [-0.1, -0.05) is 0 Å². The van der Waals surface area contributed by atoms with Gasteiger partial charge in [-0.05, 0) is 46.2 Å². The standard InChI is InChI=1S/C13H23N3O/c1-10(2)16-12(6-8-15-16)13(3,17)11-5-4-7-14-9-11/h6,8,10-11,14,17H,4-5,7,9H2,1-3H3. The fourth-order valence-electron chi connectivity index (χ4n) is 2.67. The fraction of sp³-hybridized carbons (Fsp3) is 0.769. The van der Waals surface area contributed by atoms with Gasteiger partial charge in [-0.15, -0.1) is 0 Å². The van der Waals surface area contributed by atoms with Crippen molar-refractivity contribution in [3.05, 3.63) is 18.0 Å². The highest BCUT2D eigenvalue weighted by molar-refractivity contribution is 5.13. The van der Waals surface area contributed by atoms with Crippen LogP contribution in [-0.4, -0.2) is 28.0 Å². The molecule has 96 valence electrons. The van der Waals surface area contributed by atoms with Gasteiger partial charge in [-0.2, -0.15) is 5.10 Å². The summed E-state index contributed by atoms with van der Waals surface area (Å²) in [5, 5.41) is 18.5. The molecule has 4 heteroatoms. The second kappa shape index (κ2) is 4.78. The van der Waals surface area contributed by atoms with Crippen LogP contribution in [0.3, 0.4) is 0 Å². The van der Waals surface area contributed by atoms with Gasteiger partial charge in [0.15, 0.2) is 0 Å². The molecule has 1 aromatic heterocycles. The first-order valence-electron chi connectivity index (χ1n) is 6.50. The Bertz CT molecular complexity index is 364. The summed E-state index contributed by atoms with van der Waals surface area (Å²) in [6.45, 7) is 8.05. The molecule has 1 aromatic rings. The Morgan fingerprint density at radius 3 is 2.94 bits per heavy atom. The Labute approximate surface area is 103 Å². The summed E-state index contributed by atoms with van der Waals surface area (Å²) in [4.78, 5) is 0. The summed E-state index contributed by atoms with van der Waals surface area (Å²) >= 11 is 0. The van der Waals surface area contributed by atoms with Gasteiger partial charge in [0.2, 0.25) is 0 Å². The first kappa shape index (κ1) is 12.6. The molecule has 2 unspecified atom stereocenters. The van der Waals surface area contributed by atoms with Crippen molar-refractivity contribution in [3.8, 4) is 0 Å². The molecule has 1 aliphatic rings. The molecule has 17 heavy (non-hydrogen) atoms. The monoisotopic (exact) mass is 237 g/mol. The van der Waals surface area contributed by atoms with Crippen LogP contribution in [0.5, 0.6) is 0 Å². The maximum Gasteiger partial charge on any atom is 0.107 e. The normalized spacial score (nSPS) is 24.9. The van der Waals surface area contributed by atoms with Crippen LogP contribution in [0.25, 0.3) is 0 Å². The van der Waals surface area contributed by atoms with E-state index >= 15 is 0 Å². The minimum Gasteiger partial charge on any atom is -0.384 e. The largest absolute Gasteiger partial charge is 0.384 e. The maximum atomic E-state index is 10.8. The summed E-state index contributed by atoms with van der Waals surface area (Å²) in [6, 6.07) is 2.22. The fourth-order valence-corrected chi connectivity index (χ4v) is 2.67. The average molecular weight is 237 g/mol. The van der Waals surface area contributed by atoms with E-state index < -0.39 is 5.60 Å². The predicted octanol–water partition coefficient (Wildman–Crippen LogP) is 1.67. The lowest BCUT2D eigenvalue weighted by atomic mass is 9.81. The molecule has 2 rings (SSSR count). The number of nitrogens with one attached hydrogen (secondary N) is 1. The summed E-state index contributed by atoms with van der Waals surface area (Å²) in [5.41, 5.74) is 0.134. The van der Waals surface area contributed by atoms with Crippen molar-refractivity contribution in [1.29, 1.82) is 0 Å². The molecule has 2 atom stereocenters. The third-order valence-corrected chi connectivity index (χ3v) is 3.77. The Kier molecular flexibility index (Phi) is 3.54. The number of aliphatic hydroxyl groups is 1. The van der Waals surface area contributed by atoms with Crippen molar-refractivity contribution in [1.82, 2.24) is 15.1 Å². The van der Waals surface area contributed by atoms with Crippen LogP contribution in [-0.2, 0) is 5.60 Å². The molecule has 0 amide bonds. The highest BCUT2D eigenvalue weighted by Gasteiger charge is 2.37. The molecule has 1 fully saturated rings. The maximum absolute atomic E-state index is 10.8. The van der Waals surface area contributed by atoms with E-state index in [9.17, 15) is 5.11 Å². The molecule has 1 saturated heterocycles. The van der Waals surface area contributed by atoms with Crippen LogP contribution < -0.4 is 5.32 Å². The van der Waals surface area contributed by atoms with Crippen LogP contribution >= 0.6 is 0 Å². The van der Waals surface area contributed by atoms with E-state index in [0.29, 0.717) is 0 Å². The van der Waals surface area contributed by atoms with E-state index in [-0.39, 0.29) is 12.0 Å². The highest BCUT2D eigenvalue weighted by atomic mass is 16.3. The Hall–Kier alpha value is -0.870. The van der Waals surface area contributed by atoms with Crippen LogP contribution in [0.1, 0.15) is 45.3 Å². The second-order valence-corrected chi connectivity index (χ2v) is 5.45. The van der Waals surface area contributed by atoms with Crippen molar-refractivity contribution in [2.45, 2.75) is 45.3 Å². The minimum absolute atomic E-state index is 0.269. The number of aromatic nitrogens is 2. The number of rotatable bonds is 3. The molecule has 4 nitrogen and oxygen atoms in total. The lowest BCUT2D eigenvalue weighted by Gasteiger charge is -2.36. The van der Waals surface area contributed by atoms with Gasteiger partial charge in [-0.25, -0.2) is 0 Å². The molecule has 2 heterocycles. The average Bonchev–Trinajstić information content (AvgIpc) is 2.80. The van der Waals surface area contributed by atoms with E-state index in [1.54, 1.807) is 6.20 Å². The lowest BCUT2D eigenvalue weighted by molar-refractivity contribution is -0.0240. The van der Waals surface area contributed by atoms with E-state index in [4.69, 9.17) is 0 Å². The summed E-state index contributed by atoms with van der Waals surface area (Å²) in [7, 11) is 0. The predicted molar refractivity (Wildman–Crippen MR) is 67.8 cm³/mol. The molecule has 0 aliphatic carbocycles. The van der Waals surface area contributed by atoms with E-state index in [0.717, 1.165) is 31.6 Å². The van der Waals surface area contributed by atoms with Crippen LogP contribution in [0, 0.1) is 5.92 Å². The van der Waals surface area contributed by atoms with Crippen molar-refractivity contribution < 1.29 is 5.11 Å². The third-order valence-electron chi connectivity index (χ3n) is 3.77. The topological polar surface area (TPSA) is 50.1 Å². The van der Waals surface area contributed by atoms with Crippen molar-refractivity contribution in [2.75, 3.05) is 13.1 Å². The zero-order valence-corrected chi connectivity index (χ0v) is 11.0. The summed E-state index contributed by atoms with van der Waals surface area (Å²) < 4.78 is 1.93. The molecule has 2 N–H and O–H groups in total. The Morgan fingerprint density at radius 1 is 1.59 bits per heavy atom. The zero-order chi connectivity index (χ0) is 12.5. The van der Waals surface area contributed by atoms with Crippen LogP contribution in [0.4, 0.5) is 0 Å². The van der Waals surface area contributed by atoms with Crippen LogP contribution in [0.2, 0.25) is 0 Å².